The fourth-order valence-corrected chi connectivity index (χ4v) is 3.27. The van der Waals surface area contributed by atoms with E-state index in [1.807, 2.05) is 32.0 Å². The number of allylic oxidation sites excluding steroid dienone is 1. The lowest BCUT2D eigenvalue weighted by molar-refractivity contribution is 0.104. The van der Waals surface area contributed by atoms with Crippen LogP contribution in [0.15, 0.2) is 53.0 Å². The molecule has 6 heteroatoms. The largest absolute Gasteiger partial charge is 0.486 e. The minimum Gasteiger partial charge on any atom is -0.486 e. The molecule has 1 aliphatic heterocycles. The van der Waals surface area contributed by atoms with Crippen molar-refractivity contribution in [3.05, 3.63) is 81.8 Å². The summed E-state index contributed by atoms with van der Waals surface area (Å²) in [5, 5.41) is 0.746. The molecule has 5 nitrogen and oxygen atoms in total. The zero-order valence-electron chi connectivity index (χ0n) is 16.7. The van der Waals surface area contributed by atoms with Crippen molar-refractivity contribution in [1.82, 2.24) is 0 Å². The molecule has 2 aromatic carbocycles. The Morgan fingerprint density at radius 2 is 1.77 bits per heavy atom. The summed E-state index contributed by atoms with van der Waals surface area (Å²) in [4.78, 5) is 12.5. The molecule has 30 heavy (non-hydrogen) atoms. The van der Waals surface area contributed by atoms with E-state index in [2.05, 4.69) is 0 Å². The van der Waals surface area contributed by atoms with Gasteiger partial charge >= 0.3 is 0 Å². The number of fused-ring (bicyclic) bond motifs is 1. The first-order valence-electron chi connectivity index (χ1n) is 9.60. The van der Waals surface area contributed by atoms with Crippen LogP contribution in [0.1, 0.15) is 33.0 Å². The minimum atomic E-state index is -0.145. The summed E-state index contributed by atoms with van der Waals surface area (Å²) in [7, 11) is 0. The van der Waals surface area contributed by atoms with E-state index in [-0.39, 0.29) is 12.4 Å². The predicted octanol–water partition coefficient (Wildman–Crippen LogP) is 5.80. The number of aryl methyl sites for hydroxylation is 2. The molecule has 0 N–H and O–H groups in total. The minimum absolute atomic E-state index is 0.145. The number of carbonyl (C=O) groups excluding carboxylic acids is 1. The number of hydrogen-bond donors (Lipinski definition) is 0. The van der Waals surface area contributed by atoms with Gasteiger partial charge in [-0.05, 0) is 79.6 Å². The summed E-state index contributed by atoms with van der Waals surface area (Å²) in [6.45, 7) is 5.16. The van der Waals surface area contributed by atoms with Crippen LogP contribution in [-0.2, 0) is 6.61 Å². The standard InChI is InChI=1S/C24H21ClO5/c1-15-11-20(12-16(2)24(15)25)29-14-19-5-4-18(30-19)6-7-21(26)17-3-8-22-23(13-17)28-10-9-27-22/h3-8,11-13H,9-10,14H2,1-2H3/b7-6+. The van der Waals surface area contributed by atoms with Gasteiger partial charge in [-0.3, -0.25) is 4.79 Å². The molecular formula is C24H21ClO5. The highest BCUT2D eigenvalue weighted by molar-refractivity contribution is 6.32. The first kappa shape index (κ1) is 20.1. The van der Waals surface area contributed by atoms with Crippen LogP contribution in [0.4, 0.5) is 0 Å². The lowest BCUT2D eigenvalue weighted by Gasteiger charge is -2.18. The van der Waals surface area contributed by atoms with E-state index >= 15 is 0 Å². The Labute approximate surface area is 179 Å². The third kappa shape index (κ3) is 4.52. The molecule has 0 bridgehead atoms. The maximum atomic E-state index is 12.5. The smallest absolute Gasteiger partial charge is 0.186 e. The van der Waals surface area contributed by atoms with E-state index in [0.717, 1.165) is 21.9 Å². The number of ketones is 1. The highest BCUT2D eigenvalue weighted by Gasteiger charge is 2.14. The average Bonchev–Trinajstić information content (AvgIpc) is 3.21. The van der Waals surface area contributed by atoms with Gasteiger partial charge in [0.15, 0.2) is 17.3 Å². The van der Waals surface area contributed by atoms with Gasteiger partial charge < -0.3 is 18.6 Å². The molecule has 0 atom stereocenters. The molecule has 3 aromatic rings. The van der Waals surface area contributed by atoms with Crippen LogP contribution in [0.25, 0.3) is 6.08 Å². The van der Waals surface area contributed by atoms with Gasteiger partial charge in [-0.2, -0.15) is 0 Å². The number of rotatable bonds is 6. The Balaban J connectivity index is 1.38. The number of ether oxygens (including phenoxy) is 3. The molecular weight excluding hydrogens is 404 g/mol. The molecule has 1 aliphatic rings. The fraction of sp³-hybridized carbons (Fsp3) is 0.208. The van der Waals surface area contributed by atoms with Crippen molar-refractivity contribution in [2.45, 2.75) is 20.5 Å². The van der Waals surface area contributed by atoms with Crippen LogP contribution in [0.2, 0.25) is 5.02 Å². The fourth-order valence-electron chi connectivity index (χ4n) is 3.16. The van der Waals surface area contributed by atoms with Gasteiger partial charge in [0.2, 0.25) is 0 Å². The third-order valence-electron chi connectivity index (χ3n) is 4.70. The molecule has 4 rings (SSSR count). The van der Waals surface area contributed by atoms with Crippen LogP contribution >= 0.6 is 11.6 Å². The van der Waals surface area contributed by atoms with E-state index in [1.54, 1.807) is 30.3 Å². The van der Waals surface area contributed by atoms with Gasteiger partial charge in [0.05, 0.1) is 0 Å². The van der Waals surface area contributed by atoms with Gasteiger partial charge in [-0.25, -0.2) is 0 Å². The Morgan fingerprint density at radius 3 is 2.53 bits per heavy atom. The third-order valence-corrected chi connectivity index (χ3v) is 5.30. The van der Waals surface area contributed by atoms with E-state index in [0.29, 0.717) is 41.8 Å². The van der Waals surface area contributed by atoms with Gasteiger partial charge in [0, 0.05) is 10.6 Å². The second-order valence-corrected chi connectivity index (χ2v) is 7.40. The van der Waals surface area contributed by atoms with Crippen LogP contribution in [0.5, 0.6) is 17.2 Å². The quantitative estimate of drug-likeness (QED) is 0.370. The van der Waals surface area contributed by atoms with Crippen molar-refractivity contribution in [3.63, 3.8) is 0 Å². The van der Waals surface area contributed by atoms with Crippen molar-refractivity contribution >= 4 is 23.5 Å². The average molecular weight is 425 g/mol. The zero-order valence-corrected chi connectivity index (χ0v) is 17.5. The number of furan rings is 1. The van der Waals surface area contributed by atoms with Crippen LogP contribution < -0.4 is 14.2 Å². The zero-order chi connectivity index (χ0) is 21.1. The molecule has 154 valence electrons. The summed E-state index contributed by atoms with van der Waals surface area (Å²) >= 11 is 6.19. The van der Waals surface area contributed by atoms with E-state index in [9.17, 15) is 4.79 Å². The number of benzene rings is 2. The van der Waals surface area contributed by atoms with Gasteiger partial charge in [-0.1, -0.05) is 11.6 Å². The molecule has 0 saturated carbocycles. The summed E-state index contributed by atoms with van der Waals surface area (Å²) < 4.78 is 22.5. The first-order valence-corrected chi connectivity index (χ1v) is 9.98. The molecule has 2 heterocycles. The van der Waals surface area contributed by atoms with Crippen LogP contribution in [0, 0.1) is 13.8 Å². The normalized spacial score (nSPS) is 12.9. The second kappa shape index (κ2) is 8.67. The van der Waals surface area contributed by atoms with Crippen molar-refractivity contribution in [2.24, 2.45) is 0 Å². The lowest BCUT2D eigenvalue weighted by atomic mass is 10.1. The predicted molar refractivity (Wildman–Crippen MR) is 115 cm³/mol. The molecule has 0 fully saturated rings. The summed E-state index contributed by atoms with van der Waals surface area (Å²) in [6, 6.07) is 12.6. The van der Waals surface area contributed by atoms with Crippen molar-refractivity contribution < 1.29 is 23.4 Å². The SMILES string of the molecule is Cc1cc(OCc2ccc(/C=C/C(=O)c3ccc4c(c3)OCCO4)o2)cc(C)c1Cl. The monoisotopic (exact) mass is 424 g/mol. The van der Waals surface area contributed by atoms with E-state index in [4.69, 9.17) is 30.2 Å². The first-order chi connectivity index (χ1) is 14.5. The molecule has 1 aromatic heterocycles. The number of hydrogen-bond acceptors (Lipinski definition) is 5. The van der Waals surface area contributed by atoms with Crippen molar-refractivity contribution in [3.8, 4) is 17.2 Å². The van der Waals surface area contributed by atoms with Gasteiger partial charge in [0.1, 0.15) is 37.1 Å². The maximum Gasteiger partial charge on any atom is 0.186 e. The highest BCUT2D eigenvalue weighted by atomic mass is 35.5. The summed E-state index contributed by atoms with van der Waals surface area (Å²) in [5.41, 5.74) is 2.46. The molecule has 0 spiro atoms. The molecule has 0 amide bonds. The molecule has 0 aliphatic carbocycles. The second-order valence-electron chi connectivity index (χ2n) is 7.02. The van der Waals surface area contributed by atoms with Crippen molar-refractivity contribution in [2.75, 3.05) is 13.2 Å². The van der Waals surface area contributed by atoms with E-state index < -0.39 is 0 Å². The lowest BCUT2D eigenvalue weighted by Crippen LogP contribution is -2.15. The van der Waals surface area contributed by atoms with Gasteiger partial charge in [-0.15, -0.1) is 0 Å². The summed E-state index contributed by atoms with van der Waals surface area (Å²) in [6.07, 6.45) is 3.11. The van der Waals surface area contributed by atoms with Crippen LogP contribution in [0.3, 0.4) is 0 Å². The van der Waals surface area contributed by atoms with Crippen LogP contribution in [-0.4, -0.2) is 19.0 Å². The molecule has 0 radical (unpaired) electrons. The highest BCUT2D eigenvalue weighted by Crippen LogP contribution is 2.31. The van der Waals surface area contributed by atoms with Gasteiger partial charge in [0.25, 0.3) is 0 Å². The Hall–Kier alpha value is -3.18. The summed E-state index contributed by atoms with van der Waals surface area (Å²) in [5.74, 6) is 3.06. The Bertz CT molecular complexity index is 1090. The number of carbonyl (C=O) groups is 1. The Kier molecular flexibility index (Phi) is 5.81. The van der Waals surface area contributed by atoms with E-state index in [1.165, 1.54) is 6.08 Å². The molecule has 0 saturated heterocycles. The van der Waals surface area contributed by atoms with Crippen molar-refractivity contribution in [1.29, 1.82) is 0 Å². The topological polar surface area (TPSA) is 57.9 Å². The Morgan fingerprint density at radius 1 is 1.03 bits per heavy atom. The molecule has 0 unspecified atom stereocenters. The number of halogens is 1. The maximum absolute atomic E-state index is 12.5.